The van der Waals surface area contributed by atoms with Crippen molar-refractivity contribution in [3.8, 4) is 0 Å². The summed E-state index contributed by atoms with van der Waals surface area (Å²) in [5, 5.41) is 2.45. The highest BCUT2D eigenvalue weighted by Gasteiger charge is 2.23. The van der Waals surface area contributed by atoms with E-state index in [2.05, 4.69) is 65.6 Å². The Labute approximate surface area is 176 Å². The van der Waals surface area contributed by atoms with E-state index in [4.69, 9.17) is 12.2 Å². The molecule has 2 unspecified atom stereocenters. The van der Waals surface area contributed by atoms with E-state index in [0.29, 0.717) is 5.92 Å². The standard InChI is InChI=1S/C26H33NS/c1-2-3-4-6-21-9-11-22(12-10-21)13-14-23-7-5-8-25(19-23)24-15-17-26(18-16-24)27-20-28/h9-12,15-18,23,25H,2-8,13-14,19H2,1H3. The molecule has 0 spiro atoms. The lowest BCUT2D eigenvalue weighted by Crippen LogP contribution is -2.15. The van der Waals surface area contributed by atoms with Crippen LogP contribution in [0.1, 0.15) is 80.9 Å². The first-order valence-electron chi connectivity index (χ1n) is 11.0. The van der Waals surface area contributed by atoms with Crippen LogP contribution in [0.2, 0.25) is 0 Å². The van der Waals surface area contributed by atoms with Gasteiger partial charge in [-0.3, -0.25) is 0 Å². The van der Waals surface area contributed by atoms with Gasteiger partial charge in [-0.1, -0.05) is 69.0 Å². The molecule has 2 atom stereocenters. The molecule has 0 saturated heterocycles. The molecule has 2 aromatic carbocycles. The van der Waals surface area contributed by atoms with E-state index < -0.39 is 0 Å². The minimum absolute atomic E-state index is 0.699. The molecule has 0 heterocycles. The minimum Gasteiger partial charge on any atom is -0.195 e. The molecular formula is C26H33NS. The van der Waals surface area contributed by atoms with E-state index >= 15 is 0 Å². The van der Waals surface area contributed by atoms with Crippen LogP contribution in [0.3, 0.4) is 0 Å². The van der Waals surface area contributed by atoms with Crippen molar-refractivity contribution in [1.82, 2.24) is 0 Å². The summed E-state index contributed by atoms with van der Waals surface area (Å²) in [6.45, 7) is 2.27. The van der Waals surface area contributed by atoms with Crippen LogP contribution in [-0.2, 0) is 12.8 Å². The Kier molecular flexibility index (Phi) is 8.45. The Hall–Kier alpha value is -1.76. The van der Waals surface area contributed by atoms with Gasteiger partial charge >= 0.3 is 0 Å². The summed E-state index contributed by atoms with van der Waals surface area (Å²) in [7, 11) is 0. The number of isothiocyanates is 1. The maximum absolute atomic E-state index is 4.69. The Morgan fingerprint density at radius 1 is 0.929 bits per heavy atom. The Morgan fingerprint density at radius 2 is 1.64 bits per heavy atom. The maximum atomic E-state index is 4.69. The van der Waals surface area contributed by atoms with Gasteiger partial charge in [-0.25, -0.2) is 0 Å². The van der Waals surface area contributed by atoms with E-state index in [0.717, 1.165) is 11.6 Å². The second-order valence-electron chi connectivity index (χ2n) is 8.34. The number of aliphatic imine (C=N–C) groups is 1. The van der Waals surface area contributed by atoms with Gasteiger partial charge in [0.05, 0.1) is 10.8 Å². The van der Waals surface area contributed by atoms with Crippen molar-refractivity contribution in [2.24, 2.45) is 10.9 Å². The molecule has 28 heavy (non-hydrogen) atoms. The molecule has 1 aliphatic carbocycles. The Balaban J connectivity index is 1.48. The Morgan fingerprint density at radius 3 is 2.32 bits per heavy atom. The largest absolute Gasteiger partial charge is 0.195 e. The normalized spacial score (nSPS) is 19.2. The lowest BCUT2D eigenvalue weighted by molar-refractivity contribution is 0.306. The van der Waals surface area contributed by atoms with Crippen LogP contribution >= 0.6 is 12.2 Å². The molecule has 0 bridgehead atoms. The average molecular weight is 392 g/mol. The van der Waals surface area contributed by atoms with Crippen LogP contribution in [0.4, 0.5) is 5.69 Å². The van der Waals surface area contributed by atoms with Crippen LogP contribution in [0.15, 0.2) is 53.5 Å². The molecule has 148 valence electrons. The predicted octanol–water partition coefficient (Wildman–Crippen LogP) is 8.06. The minimum atomic E-state index is 0.699. The number of aryl methyl sites for hydroxylation is 2. The first kappa shape index (κ1) is 21.0. The first-order chi connectivity index (χ1) is 13.8. The smallest absolute Gasteiger partial charge is 0.0739 e. The molecule has 2 heteroatoms. The molecule has 3 rings (SSSR count). The zero-order valence-electron chi connectivity index (χ0n) is 17.2. The number of unbranched alkanes of at least 4 members (excludes halogenated alkanes) is 2. The predicted molar refractivity (Wildman–Crippen MR) is 124 cm³/mol. The second kappa shape index (κ2) is 11.3. The fourth-order valence-electron chi connectivity index (χ4n) is 4.55. The van der Waals surface area contributed by atoms with Crippen molar-refractivity contribution >= 4 is 23.1 Å². The van der Waals surface area contributed by atoms with Crippen molar-refractivity contribution in [2.45, 2.75) is 77.0 Å². The SMILES string of the molecule is CCCCCc1ccc(CCC2CCCC(c3ccc(N=C=S)cc3)C2)cc1. The molecule has 1 nitrogen and oxygen atoms in total. The molecule has 0 aliphatic heterocycles. The van der Waals surface area contributed by atoms with E-state index in [1.165, 1.54) is 80.9 Å². The third-order valence-electron chi connectivity index (χ3n) is 6.26. The summed E-state index contributed by atoms with van der Waals surface area (Å²) < 4.78 is 0. The van der Waals surface area contributed by atoms with Gasteiger partial charge in [0.2, 0.25) is 0 Å². The van der Waals surface area contributed by atoms with Crippen LogP contribution in [0, 0.1) is 5.92 Å². The van der Waals surface area contributed by atoms with Gasteiger partial charge in [0.25, 0.3) is 0 Å². The lowest BCUT2D eigenvalue weighted by Gasteiger charge is -2.29. The summed E-state index contributed by atoms with van der Waals surface area (Å²) in [6, 6.07) is 18.0. The van der Waals surface area contributed by atoms with Gasteiger partial charge in [0.15, 0.2) is 0 Å². The van der Waals surface area contributed by atoms with E-state index in [-0.39, 0.29) is 0 Å². The highest BCUT2D eigenvalue weighted by molar-refractivity contribution is 7.78. The van der Waals surface area contributed by atoms with Gasteiger partial charge in [-0.05, 0) is 91.4 Å². The second-order valence-corrected chi connectivity index (χ2v) is 8.52. The van der Waals surface area contributed by atoms with Crippen LogP contribution in [-0.4, -0.2) is 5.16 Å². The van der Waals surface area contributed by atoms with Crippen molar-refractivity contribution in [3.63, 3.8) is 0 Å². The summed E-state index contributed by atoms with van der Waals surface area (Å²) >= 11 is 4.69. The summed E-state index contributed by atoms with van der Waals surface area (Å²) in [4.78, 5) is 4.06. The van der Waals surface area contributed by atoms with E-state index in [9.17, 15) is 0 Å². The monoisotopic (exact) mass is 391 g/mol. The summed E-state index contributed by atoms with van der Waals surface area (Å²) in [5.41, 5.74) is 5.37. The first-order valence-corrected chi connectivity index (χ1v) is 11.4. The summed E-state index contributed by atoms with van der Waals surface area (Å²) in [6.07, 6.45) is 13.1. The van der Waals surface area contributed by atoms with Crippen LogP contribution in [0.25, 0.3) is 0 Å². The number of hydrogen-bond acceptors (Lipinski definition) is 2. The van der Waals surface area contributed by atoms with Gasteiger partial charge in [0.1, 0.15) is 0 Å². The maximum Gasteiger partial charge on any atom is 0.0739 e. The number of hydrogen-bond donors (Lipinski definition) is 0. The van der Waals surface area contributed by atoms with Crippen molar-refractivity contribution in [1.29, 1.82) is 0 Å². The number of benzene rings is 2. The molecule has 1 aliphatic rings. The van der Waals surface area contributed by atoms with Gasteiger partial charge in [-0.2, -0.15) is 4.99 Å². The molecular weight excluding hydrogens is 358 g/mol. The van der Waals surface area contributed by atoms with Crippen molar-refractivity contribution in [3.05, 3.63) is 65.2 Å². The quantitative estimate of drug-likeness (QED) is 0.239. The fraction of sp³-hybridized carbons (Fsp3) is 0.500. The van der Waals surface area contributed by atoms with Gasteiger partial charge in [-0.15, -0.1) is 0 Å². The van der Waals surface area contributed by atoms with E-state index in [1.807, 2.05) is 0 Å². The van der Waals surface area contributed by atoms with Gasteiger partial charge in [0, 0.05) is 0 Å². The number of nitrogens with zero attached hydrogens (tertiary/aromatic N) is 1. The molecule has 2 aromatic rings. The summed E-state index contributed by atoms with van der Waals surface area (Å²) in [5.74, 6) is 1.55. The Bertz CT molecular complexity index is 756. The van der Waals surface area contributed by atoms with Gasteiger partial charge < -0.3 is 0 Å². The average Bonchev–Trinajstić information content (AvgIpc) is 2.74. The molecule has 1 fully saturated rings. The van der Waals surface area contributed by atoms with Crippen LogP contribution in [0.5, 0.6) is 0 Å². The number of rotatable bonds is 9. The molecule has 0 radical (unpaired) electrons. The third kappa shape index (κ3) is 6.40. The lowest BCUT2D eigenvalue weighted by atomic mass is 9.76. The highest BCUT2D eigenvalue weighted by Crippen LogP contribution is 2.38. The topological polar surface area (TPSA) is 12.4 Å². The van der Waals surface area contributed by atoms with E-state index in [1.54, 1.807) is 0 Å². The zero-order valence-corrected chi connectivity index (χ0v) is 18.0. The van der Waals surface area contributed by atoms with Crippen LogP contribution < -0.4 is 0 Å². The molecule has 0 amide bonds. The third-order valence-corrected chi connectivity index (χ3v) is 6.35. The number of thiocarbonyl (C=S) groups is 1. The fourth-order valence-corrected chi connectivity index (χ4v) is 4.66. The van der Waals surface area contributed by atoms with Crippen molar-refractivity contribution in [2.75, 3.05) is 0 Å². The van der Waals surface area contributed by atoms with Crippen molar-refractivity contribution < 1.29 is 0 Å². The zero-order chi connectivity index (χ0) is 19.6. The molecule has 1 saturated carbocycles. The molecule has 0 N–H and O–H groups in total. The highest BCUT2D eigenvalue weighted by atomic mass is 32.1. The molecule has 0 aromatic heterocycles.